The fourth-order valence-electron chi connectivity index (χ4n) is 4.11. The van der Waals surface area contributed by atoms with Crippen LogP contribution in [0.25, 0.3) is 0 Å². The van der Waals surface area contributed by atoms with Gasteiger partial charge in [-0.2, -0.15) is 11.8 Å². The molecule has 0 rings (SSSR count). The second-order valence-electron chi connectivity index (χ2n) is 10.00. The maximum absolute atomic E-state index is 11.4. The summed E-state index contributed by atoms with van der Waals surface area (Å²) in [6, 6.07) is 0. The molecule has 0 heterocycles. The lowest BCUT2D eigenvalue weighted by Gasteiger charge is -2.44. The molecular weight excluding hydrogens is 426 g/mol. The molecule has 0 aromatic rings. The number of rotatable bonds is 23. The minimum Gasteiger partial charge on any atom is -0.345 e. The first-order chi connectivity index (χ1) is 15.7. The van der Waals surface area contributed by atoms with Crippen molar-refractivity contribution in [3.05, 3.63) is 50.6 Å². The van der Waals surface area contributed by atoms with Crippen molar-refractivity contribution in [3.63, 3.8) is 0 Å². The lowest BCUT2D eigenvalue weighted by Crippen LogP contribution is -2.61. The fourth-order valence-corrected chi connectivity index (χ4v) is 5.08. The molecule has 0 amide bonds. The Kier molecular flexibility index (Phi) is 19.0. The monoisotopic (exact) mass is 480 g/mol. The topological polar surface area (TPSA) is 26.7 Å². The van der Waals surface area contributed by atoms with E-state index in [2.05, 4.69) is 75.6 Å². The van der Waals surface area contributed by atoms with Gasteiger partial charge < -0.3 is 5.11 Å². The predicted molar refractivity (Wildman–Crippen MR) is 151 cm³/mol. The van der Waals surface area contributed by atoms with Crippen molar-refractivity contribution in [1.29, 1.82) is 0 Å². The van der Waals surface area contributed by atoms with Crippen LogP contribution in [0.1, 0.15) is 40.5 Å². The molecule has 4 nitrogen and oxygen atoms in total. The highest BCUT2D eigenvalue weighted by molar-refractivity contribution is 7.99. The summed E-state index contributed by atoms with van der Waals surface area (Å²) in [5.74, 6) is 3.63. The summed E-state index contributed by atoms with van der Waals surface area (Å²) in [6.07, 6.45) is 9.46. The third-order valence-corrected chi connectivity index (χ3v) is 7.39. The van der Waals surface area contributed by atoms with E-state index >= 15 is 0 Å². The molecule has 2 unspecified atom stereocenters. The maximum atomic E-state index is 11.4. The van der Waals surface area contributed by atoms with E-state index in [-0.39, 0.29) is 0 Å². The van der Waals surface area contributed by atoms with Gasteiger partial charge >= 0.3 is 0 Å². The van der Waals surface area contributed by atoms with Crippen LogP contribution in [-0.4, -0.2) is 96.0 Å². The van der Waals surface area contributed by atoms with Crippen molar-refractivity contribution in [2.45, 2.75) is 46.8 Å². The highest BCUT2D eigenvalue weighted by Gasteiger charge is 2.35. The minimum atomic E-state index is -0.399. The van der Waals surface area contributed by atoms with Crippen molar-refractivity contribution in [2.75, 3.05) is 70.4 Å². The molecule has 0 spiro atoms. The van der Waals surface area contributed by atoms with Crippen molar-refractivity contribution in [2.24, 2.45) is 11.8 Å². The average molecular weight is 481 g/mol. The van der Waals surface area contributed by atoms with Gasteiger partial charge in [-0.05, 0) is 42.4 Å². The first-order valence-electron chi connectivity index (χ1n) is 12.7. The van der Waals surface area contributed by atoms with Crippen LogP contribution >= 0.6 is 11.8 Å². The van der Waals surface area contributed by atoms with Crippen LogP contribution < -0.4 is 0 Å². The van der Waals surface area contributed by atoms with Gasteiger partial charge in [0, 0.05) is 39.1 Å². The number of hydrogen-bond donors (Lipinski definition) is 1. The number of quaternary nitrogens is 1. The Morgan fingerprint density at radius 2 is 1.33 bits per heavy atom. The van der Waals surface area contributed by atoms with E-state index in [0.29, 0.717) is 10.4 Å². The van der Waals surface area contributed by atoms with Crippen LogP contribution in [0.4, 0.5) is 0 Å². The van der Waals surface area contributed by atoms with E-state index in [1.165, 1.54) is 17.9 Å². The van der Waals surface area contributed by atoms with Gasteiger partial charge in [-0.3, -0.25) is 14.3 Å². The Morgan fingerprint density at radius 3 is 1.82 bits per heavy atom. The summed E-state index contributed by atoms with van der Waals surface area (Å²) >= 11 is 2.05. The summed E-state index contributed by atoms with van der Waals surface area (Å²) in [7, 11) is 0. The molecule has 33 heavy (non-hydrogen) atoms. The Hall–Kier alpha value is -0.850. The first kappa shape index (κ1) is 32.1. The van der Waals surface area contributed by atoms with Crippen molar-refractivity contribution in [1.82, 2.24) is 9.80 Å². The fraction of sp³-hybridized carbons (Fsp3) is 0.714. The molecule has 0 aliphatic rings. The zero-order valence-corrected chi connectivity index (χ0v) is 23.1. The molecule has 0 bridgehead atoms. The highest BCUT2D eigenvalue weighted by atomic mass is 32.2. The van der Waals surface area contributed by atoms with Gasteiger partial charge in [0.2, 0.25) is 0 Å². The molecule has 5 heteroatoms. The van der Waals surface area contributed by atoms with Crippen molar-refractivity contribution in [3.8, 4) is 0 Å². The van der Waals surface area contributed by atoms with Crippen LogP contribution in [0.5, 0.6) is 0 Å². The van der Waals surface area contributed by atoms with Gasteiger partial charge in [0.25, 0.3) is 0 Å². The molecule has 2 atom stereocenters. The Balaban J connectivity index is 5.34. The van der Waals surface area contributed by atoms with Gasteiger partial charge in [0.1, 0.15) is 0 Å². The molecule has 0 aromatic heterocycles. The molecule has 1 N–H and O–H groups in total. The zero-order chi connectivity index (χ0) is 25.1. The Bertz CT molecular complexity index is 527. The van der Waals surface area contributed by atoms with Crippen LogP contribution in [-0.2, 0) is 0 Å². The van der Waals surface area contributed by atoms with Gasteiger partial charge in [-0.15, -0.1) is 19.7 Å². The molecule has 0 aliphatic heterocycles. The molecule has 0 radical (unpaired) electrons. The van der Waals surface area contributed by atoms with Crippen LogP contribution in [0.2, 0.25) is 0 Å². The molecular formula is C28H54N3OS+. The van der Waals surface area contributed by atoms with Crippen LogP contribution in [0.3, 0.4) is 0 Å². The molecule has 0 fully saturated rings. The molecule has 0 aliphatic carbocycles. The van der Waals surface area contributed by atoms with E-state index in [1.807, 2.05) is 24.3 Å². The Morgan fingerprint density at radius 1 is 0.788 bits per heavy atom. The van der Waals surface area contributed by atoms with E-state index in [0.717, 1.165) is 71.2 Å². The number of thioether (sulfide) groups is 1. The van der Waals surface area contributed by atoms with Gasteiger partial charge in [0.15, 0.2) is 6.23 Å². The lowest BCUT2D eigenvalue weighted by atomic mass is 10.1. The first-order valence-corrected chi connectivity index (χ1v) is 13.9. The van der Waals surface area contributed by atoms with Crippen molar-refractivity contribution < 1.29 is 9.59 Å². The van der Waals surface area contributed by atoms with E-state index in [4.69, 9.17) is 0 Å². The smallest absolute Gasteiger partial charge is 0.191 e. The summed E-state index contributed by atoms with van der Waals surface area (Å²) < 4.78 is 0.655. The number of aliphatic hydroxyl groups is 1. The number of aliphatic hydroxyl groups excluding tert-OH is 1. The lowest BCUT2D eigenvalue weighted by molar-refractivity contribution is -0.966. The standard InChI is InChI=1S/C28H54N3OS/c1-9-14-29(15-10-2)18-21-31(20-12-4,28(32)24-26(5)6)22-19-30(16-11-3)17-13-23-33-25-27(7)8/h9-12,26-28,32H,1-4,13-25H2,5-8H3/q+1. The van der Waals surface area contributed by atoms with Gasteiger partial charge in [0.05, 0.1) is 19.6 Å². The SMILES string of the molecule is C=CCN(CC=C)CC[N+](CC=C)(CCN(CC=C)CCCSCC(C)C)C(O)CC(C)C. The highest BCUT2D eigenvalue weighted by Crippen LogP contribution is 2.20. The van der Waals surface area contributed by atoms with E-state index in [9.17, 15) is 5.11 Å². The second-order valence-corrected chi connectivity index (χ2v) is 11.1. The van der Waals surface area contributed by atoms with E-state index < -0.39 is 6.23 Å². The van der Waals surface area contributed by atoms with E-state index in [1.54, 1.807) is 0 Å². The van der Waals surface area contributed by atoms with Gasteiger partial charge in [-0.1, -0.05) is 52.5 Å². The van der Waals surface area contributed by atoms with Crippen molar-refractivity contribution >= 4 is 11.8 Å². The van der Waals surface area contributed by atoms with Crippen LogP contribution in [0.15, 0.2) is 50.6 Å². The third kappa shape index (κ3) is 14.9. The summed E-state index contributed by atoms with van der Waals surface area (Å²) in [6.45, 7) is 32.8. The van der Waals surface area contributed by atoms with Crippen LogP contribution in [0, 0.1) is 11.8 Å². The maximum Gasteiger partial charge on any atom is 0.191 e. The number of nitrogens with zero attached hydrogens (tertiary/aromatic N) is 3. The zero-order valence-electron chi connectivity index (χ0n) is 22.3. The minimum absolute atomic E-state index is 0.399. The summed E-state index contributed by atoms with van der Waals surface area (Å²) in [4.78, 5) is 4.83. The molecule has 0 saturated carbocycles. The third-order valence-electron chi connectivity index (χ3n) is 5.91. The average Bonchev–Trinajstić information content (AvgIpc) is 2.74. The normalized spacial score (nSPS) is 14.6. The summed E-state index contributed by atoms with van der Waals surface area (Å²) in [5.41, 5.74) is 0. The molecule has 192 valence electrons. The Labute approximate surface area is 210 Å². The summed E-state index contributed by atoms with van der Waals surface area (Å²) in [5, 5.41) is 11.4. The quantitative estimate of drug-likeness (QED) is 0.0930. The molecule has 0 aromatic carbocycles. The van der Waals surface area contributed by atoms with Gasteiger partial charge in [-0.25, -0.2) is 0 Å². The predicted octanol–water partition coefficient (Wildman–Crippen LogP) is 5.30. The largest absolute Gasteiger partial charge is 0.345 e. The number of hydrogen-bond acceptors (Lipinski definition) is 4. The molecule has 0 saturated heterocycles. The second kappa shape index (κ2) is 19.5.